The van der Waals surface area contributed by atoms with E-state index < -0.39 is 22.0 Å². The largest absolute Gasteiger partial charge is 0.462 e. The maximum absolute atomic E-state index is 12.6. The third-order valence-electron chi connectivity index (χ3n) is 2.61. The molecule has 2 amide bonds. The molecule has 0 heterocycles. The van der Waals surface area contributed by atoms with E-state index in [0.717, 1.165) is 0 Å². The first-order valence-corrected chi connectivity index (χ1v) is 7.88. The standard InChI is InChI=1S/C14H18N2O5S/c1-4-21-13(17)11-7-5-6-8-12(11)22(19,20)16(14(15)18)9-10(2)3/h5-8H,2,4,9H2,1,3H3,(H2,15,18). The quantitative estimate of drug-likeness (QED) is 0.630. The summed E-state index contributed by atoms with van der Waals surface area (Å²) < 4.78 is 30.5. The smallest absolute Gasteiger partial charge is 0.339 e. The molecular weight excluding hydrogens is 308 g/mol. The zero-order valence-electron chi connectivity index (χ0n) is 12.4. The molecule has 1 aromatic rings. The monoisotopic (exact) mass is 326 g/mol. The van der Waals surface area contributed by atoms with E-state index in [9.17, 15) is 18.0 Å². The van der Waals surface area contributed by atoms with Crippen molar-refractivity contribution in [1.82, 2.24) is 4.31 Å². The topological polar surface area (TPSA) is 107 Å². The van der Waals surface area contributed by atoms with Crippen LogP contribution in [0.5, 0.6) is 0 Å². The Morgan fingerprint density at radius 1 is 1.32 bits per heavy atom. The predicted molar refractivity (Wildman–Crippen MR) is 80.7 cm³/mol. The van der Waals surface area contributed by atoms with Crippen LogP contribution in [-0.4, -0.2) is 37.9 Å². The van der Waals surface area contributed by atoms with Gasteiger partial charge in [0.1, 0.15) is 4.90 Å². The lowest BCUT2D eigenvalue weighted by Crippen LogP contribution is -2.42. The average Bonchev–Trinajstić information content (AvgIpc) is 2.44. The molecule has 0 aliphatic rings. The highest BCUT2D eigenvalue weighted by Gasteiger charge is 2.31. The van der Waals surface area contributed by atoms with Crippen LogP contribution >= 0.6 is 0 Å². The second-order valence-electron chi connectivity index (χ2n) is 4.52. The highest BCUT2D eigenvalue weighted by Crippen LogP contribution is 2.21. The van der Waals surface area contributed by atoms with Gasteiger partial charge in [-0.3, -0.25) is 0 Å². The molecule has 0 aliphatic carbocycles. The number of sulfonamides is 1. The van der Waals surface area contributed by atoms with Crippen LogP contribution in [0, 0.1) is 0 Å². The van der Waals surface area contributed by atoms with E-state index in [4.69, 9.17) is 10.5 Å². The summed E-state index contributed by atoms with van der Waals surface area (Å²) in [5.74, 6) is -0.790. The minimum absolute atomic E-state index is 0.0957. The Balaban J connectivity index is 3.41. The predicted octanol–water partition coefficient (Wildman–Crippen LogP) is 1.51. The van der Waals surface area contributed by atoms with Crippen molar-refractivity contribution in [2.45, 2.75) is 18.7 Å². The fourth-order valence-electron chi connectivity index (χ4n) is 1.71. The van der Waals surface area contributed by atoms with Crippen molar-refractivity contribution in [2.75, 3.05) is 13.2 Å². The fourth-order valence-corrected chi connectivity index (χ4v) is 3.26. The first-order valence-electron chi connectivity index (χ1n) is 6.44. The zero-order valence-corrected chi connectivity index (χ0v) is 13.2. The number of carbonyl (C=O) groups is 2. The van der Waals surface area contributed by atoms with Crippen molar-refractivity contribution in [3.63, 3.8) is 0 Å². The molecule has 120 valence electrons. The summed E-state index contributed by atoms with van der Waals surface area (Å²) in [7, 11) is -4.29. The lowest BCUT2D eigenvalue weighted by Gasteiger charge is -2.21. The van der Waals surface area contributed by atoms with Crippen molar-refractivity contribution in [1.29, 1.82) is 0 Å². The first-order chi connectivity index (χ1) is 10.2. The van der Waals surface area contributed by atoms with Gasteiger partial charge in [0, 0.05) is 0 Å². The van der Waals surface area contributed by atoms with E-state index in [-0.39, 0.29) is 23.6 Å². The second kappa shape index (κ2) is 7.08. The summed E-state index contributed by atoms with van der Waals surface area (Å²) in [6, 6.07) is 4.32. The van der Waals surface area contributed by atoms with Gasteiger partial charge in [0.15, 0.2) is 0 Å². The third kappa shape index (κ3) is 3.85. The van der Waals surface area contributed by atoms with Gasteiger partial charge in [-0.15, -0.1) is 0 Å². The van der Waals surface area contributed by atoms with Crippen molar-refractivity contribution < 1.29 is 22.7 Å². The van der Waals surface area contributed by atoms with Crippen LogP contribution < -0.4 is 5.73 Å². The van der Waals surface area contributed by atoms with Gasteiger partial charge in [-0.1, -0.05) is 24.3 Å². The number of urea groups is 1. The molecule has 2 N–H and O–H groups in total. The molecule has 0 aromatic heterocycles. The van der Waals surface area contributed by atoms with Gasteiger partial charge in [-0.05, 0) is 26.0 Å². The molecule has 22 heavy (non-hydrogen) atoms. The number of amides is 2. The lowest BCUT2D eigenvalue weighted by molar-refractivity contribution is 0.0521. The SMILES string of the molecule is C=C(C)CN(C(N)=O)S(=O)(=O)c1ccccc1C(=O)OCC. The molecule has 0 radical (unpaired) electrons. The molecule has 0 unspecified atom stereocenters. The van der Waals surface area contributed by atoms with Crippen molar-refractivity contribution in [3.8, 4) is 0 Å². The maximum atomic E-state index is 12.6. The summed E-state index contributed by atoms with van der Waals surface area (Å²) in [6.07, 6.45) is 0. The molecule has 0 aliphatic heterocycles. The summed E-state index contributed by atoms with van der Waals surface area (Å²) in [5, 5.41) is 0. The molecular formula is C14H18N2O5S. The van der Waals surface area contributed by atoms with E-state index in [1.165, 1.54) is 24.3 Å². The van der Waals surface area contributed by atoms with Gasteiger partial charge < -0.3 is 10.5 Å². The second-order valence-corrected chi connectivity index (χ2v) is 6.35. The Labute approximate surface area is 129 Å². The molecule has 8 heteroatoms. The van der Waals surface area contributed by atoms with Crippen LogP contribution in [-0.2, 0) is 14.8 Å². The number of nitrogens with zero attached hydrogens (tertiary/aromatic N) is 1. The van der Waals surface area contributed by atoms with Crippen molar-refractivity contribution in [3.05, 3.63) is 42.0 Å². The van der Waals surface area contributed by atoms with Crippen LogP contribution in [0.3, 0.4) is 0 Å². The highest BCUT2D eigenvalue weighted by atomic mass is 32.2. The number of ether oxygens (including phenoxy) is 1. The van der Waals surface area contributed by atoms with Crippen LogP contribution in [0.2, 0.25) is 0 Å². The van der Waals surface area contributed by atoms with Crippen LogP contribution in [0.15, 0.2) is 41.3 Å². The van der Waals surface area contributed by atoms with Gasteiger partial charge in [0.05, 0.1) is 18.7 Å². The molecule has 1 aromatic carbocycles. The lowest BCUT2D eigenvalue weighted by atomic mass is 10.2. The van der Waals surface area contributed by atoms with Crippen molar-refractivity contribution >= 4 is 22.0 Å². The van der Waals surface area contributed by atoms with Gasteiger partial charge in [-0.2, -0.15) is 0 Å². The number of hydrogen-bond acceptors (Lipinski definition) is 5. The number of rotatable bonds is 6. The Morgan fingerprint density at radius 2 is 1.91 bits per heavy atom. The average molecular weight is 326 g/mol. The number of nitrogens with two attached hydrogens (primary N) is 1. The number of hydrogen-bond donors (Lipinski definition) is 1. The number of esters is 1. The molecule has 0 fully saturated rings. The van der Waals surface area contributed by atoms with Crippen LogP contribution in [0.1, 0.15) is 24.2 Å². The van der Waals surface area contributed by atoms with E-state index in [1.807, 2.05) is 0 Å². The van der Waals surface area contributed by atoms with E-state index in [0.29, 0.717) is 9.88 Å². The van der Waals surface area contributed by atoms with Crippen LogP contribution in [0.25, 0.3) is 0 Å². The Bertz CT molecular complexity index is 697. The first kappa shape index (κ1) is 17.7. The molecule has 0 atom stereocenters. The highest BCUT2D eigenvalue weighted by molar-refractivity contribution is 7.89. The molecule has 7 nitrogen and oxygen atoms in total. The summed E-state index contributed by atoms with van der Waals surface area (Å²) in [6.45, 7) is 6.55. The van der Waals surface area contributed by atoms with E-state index in [1.54, 1.807) is 13.8 Å². The Morgan fingerprint density at radius 3 is 2.41 bits per heavy atom. The van der Waals surface area contributed by atoms with Gasteiger partial charge in [0.2, 0.25) is 0 Å². The Hall–Kier alpha value is -2.35. The van der Waals surface area contributed by atoms with Gasteiger partial charge in [0.25, 0.3) is 10.0 Å². The minimum Gasteiger partial charge on any atom is -0.462 e. The van der Waals surface area contributed by atoms with Crippen molar-refractivity contribution in [2.24, 2.45) is 5.73 Å². The number of carbonyl (C=O) groups excluding carboxylic acids is 2. The molecule has 0 saturated carbocycles. The van der Waals surface area contributed by atoms with Gasteiger partial charge >= 0.3 is 12.0 Å². The molecule has 0 spiro atoms. The molecule has 1 rings (SSSR count). The van der Waals surface area contributed by atoms with E-state index >= 15 is 0 Å². The molecule has 0 saturated heterocycles. The minimum atomic E-state index is -4.29. The summed E-state index contributed by atoms with van der Waals surface area (Å²) >= 11 is 0. The fraction of sp³-hybridized carbons (Fsp3) is 0.286. The number of benzene rings is 1. The summed E-state index contributed by atoms with van der Waals surface area (Å²) in [5.41, 5.74) is 5.42. The zero-order chi connectivity index (χ0) is 16.9. The van der Waals surface area contributed by atoms with Crippen LogP contribution in [0.4, 0.5) is 4.79 Å². The normalized spacial score (nSPS) is 10.8. The summed E-state index contributed by atoms with van der Waals surface area (Å²) in [4.78, 5) is 23.0. The van der Waals surface area contributed by atoms with Gasteiger partial charge in [-0.25, -0.2) is 22.3 Å². The maximum Gasteiger partial charge on any atom is 0.339 e. The third-order valence-corrected chi connectivity index (χ3v) is 4.41. The Kier molecular flexibility index (Phi) is 5.69. The number of primary amides is 1. The van der Waals surface area contributed by atoms with E-state index in [2.05, 4.69) is 6.58 Å². The molecule has 0 bridgehead atoms.